The Kier molecular flexibility index (Phi) is 3.89. The van der Waals surface area contributed by atoms with Crippen LogP contribution in [0.15, 0.2) is 12.1 Å². The van der Waals surface area contributed by atoms with Gasteiger partial charge in [-0.05, 0) is 55.9 Å². The molecule has 140 valence electrons. The maximum absolute atomic E-state index is 13.2. The van der Waals surface area contributed by atoms with E-state index < -0.39 is 0 Å². The maximum Gasteiger partial charge on any atom is 0.252 e. The highest BCUT2D eigenvalue weighted by Crippen LogP contribution is 2.52. The standard InChI is InChI=1S/C21H27NO4/c1-14-15-11-18-19(26-10-9-25-18)12-16(15)21(6-2-3-7-21)13-22(14)20(23)17-5-4-8-24-17/h11-12,14,17H,2-10,13H2,1H3. The van der Waals surface area contributed by atoms with E-state index in [-0.39, 0.29) is 23.5 Å². The zero-order valence-electron chi connectivity index (χ0n) is 15.5. The van der Waals surface area contributed by atoms with Crippen LogP contribution < -0.4 is 9.47 Å². The van der Waals surface area contributed by atoms with Crippen molar-refractivity contribution in [3.05, 3.63) is 23.3 Å². The first-order valence-electron chi connectivity index (χ1n) is 10.0. The number of hydrogen-bond acceptors (Lipinski definition) is 4. The smallest absolute Gasteiger partial charge is 0.252 e. The van der Waals surface area contributed by atoms with Crippen LogP contribution >= 0.6 is 0 Å². The van der Waals surface area contributed by atoms with Crippen LogP contribution in [-0.4, -0.2) is 43.3 Å². The number of hydrogen-bond donors (Lipinski definition) is 0. The van der Waals surface area contributed by atoms with Gasteiger partial charge in [0, 0.05) is 18.6 Å². The fraction of sp³-hybridized carbons (Fsp3) is 0.667. The first-order valence-corrected chi connectivity index (χ1v) is 10.0. The third kappa shape index (κ3) is 2.43. The summed E-state index contributed by atoms with van der Waals surface area (Å²) in [5.41, 5.74) is 2.67. The third-order valence-corrected chi connectivity index (χ3v) is 6.73. The van der Waals surface area contributed by atoms with Crippen molar-refractivity contribution in [3.63, 3.8) is 0 Å². The number of ether oxygens (including phenoxy) is 3. The molecule has 0 aromatic heterocycles. The Bertz CT molecular complexity index is 719. The average molecular weight is 357 g/mol. The zero-order chi connectivity index (χ0) is 17.7. The van der Waals surface area contributed by atoms with Gasteiger partial charge in [-0.25, -0.2) is 0 Å². The average Bonchev–Trinajstić information content (AvgIpc) is 3.36. The summed E-state index contributed by atoms with van der Waals surface area (Å²) < 4.78 is 17.4. The van der Waals surface area contributed by atoms with Gasteiger partial charge >= 0.3 is 0 Å². The Hall–Kier alpha value is -1.75. The fourth-order valence-corrected chi connectivity index (χ4v) is 5.33. The topological polar surface area (TPSA) is 48.0 Å². The largest absolute Gasteiger partial charge is 0.486 e. The summed E-state index contributed by atoms with van der Waals surface area (Å²) in [6.07, 6.45) is 6.31. The summed E-state index contributed by atoms with van der Waals surface area (Å²) >= 11 is 0. The molecular weight excluding hydrogens is 330 g/mol. The summed E-state index contributed by atoms with van der Waals surface area (Å²) in [4.78, 5) is 15.3. The van der Waals surface area contributed by atoms with E-state index in [1.54, 1.807) is 0 Å². The third-order valence-electron chi connectivity index (χ3n) is 6.73. The van der Waals surface area contributed by atoms with Crippen LogP contribution in [-0.2, 0) is 14.9 Å². The lowest BCUT2D eigenvalue weighted by Crippen LogP contribution is -2.51. The minimum absolute atomic E-state index is 0.0451. The quantitative estimate of drug-likeness (QED) is 0.773. The highest BCUT2D eigenvalue weighted by Gasteiger charge is 2.47. The molecule has 1 saturated carbocycles. The molecule has 5 rings (SSSR count). The molecule has 1 aromatic rings. The van der Waals surface area contributed by atoms with E-state index >= 15 is 0 Å². The summed E-state index contributed by atoms with van der Waals surface area (Å²) in [6.45, 7) is 4.85. The predicted molar refractivity (Wildman–Crippen MR) is 96.7 cm³/mol. The van der Waals surface area contributed by atoms with E-state index in [1.165, 1.54) is 24.0 Å². The Balaban J connectivity index is 1.58. The molecule has 1 amide bonds. The number of fused-ring (bicyclic) bond motifs is 3. The van der Waals surface area contributed by atoms with E-state index in [0.29, 0.717) is 19.8 Å². The zero-order valence-corrected chi connectivity index (χ0v) is 15.5. The predicted octanol–water partition coefficient (Wildman–Crippen LogP) is 3.35. The van der Waals surface area contributed by atoms with E-state index in [2.05, 4.69) is 24.0 Å². The van der Waals surface area contributed by atoms with Crippen molar-refractivity contribution in [3.8, 4) is 11.5 Å². The molecule has 2 fully saturated rings. The second-order valence-electron chi connectivity index (χ2n) is 8.21. The van der Waals surface area contributed by atoms with Crippen molar-refractivity contribution in [1.29, 1.82) is 0 Å². The molecule has 5 nitrogen and oxygen atoms in total. The van der Waals surface area contributed by atoms with Gasteiger partial charge in [-0.2, -0.15) is 0 Å². The van der Waals surface area contributed by atoms with Gasteiger partial charge in [-0.15, -0.1) is 0 Å². The van der Waals surface area contributed by atoms with Gasteiger partial charge in [0.15, 0.2) is 11.5 Å². The van der Waals surface area contributed by atoms with E-state index in [1.807, 2.05) is 0 Å². The molecule has 0 bridgehead atoms. The summed E-state index contributed by atoms with van der Waals surface area (Å²) in [5, 5.41) is 0. The molecule has 26 heavy (non-hydrogen) atoms. The molecule has 1 aliphatic carbocycles. The van der Waals surface area contributed by atoms with Crippen LogP contribution in [0.4, 0.5) is 0 Å². The van der Waals surface area contributed by atoms with Gasteiger partial charge in [0.2, 0.25) is 0 Å². The lowest BCUT2D eigenvalue weighted by Gasteiger charge is -2.47. The molecule has 3 heterocycles. The molecule has 5 heteroatoms. The molecule has 2 unspecified atom stereocenters. The van der Waals surface area contributed by atoms with Crippen LogP contribution in [0.25, 0.3) is 0 Å². The number of amides is 1. The monoisotopic (exact) mass is 357 g/mol. The van der Waals surface area contributed by atoms with Crippen molar-refractivity contribution in [2.24, 2.45) is 0 Å². The van der Waals surface area contributed by atoms with Crippen molar-refractivity contribution < 1.29 is 19.0 Å². The van der Waals surface area contributed by atoms with E-state index in [0.717, 1.165) is 43.7 Å². The molecule has 1 spiro atoms. The van der Waals surface area contributed by atoms with Gasteiger partial charge < -0.3 is 19.1 Å². The minimum atomic E-state index is -0.255. The first-order chi connectivity index (χ1) is 12.7. The van der Waals surface area contributed by atoms with Gasteiger partial charge in [0.05, 0.1) is 6.04 Å². The Labute approximate surface area is 154 Å². The number of benzene rings is 1. The molecule has 4 aliphatic rings. The van der Waals surface area contributed by atoms with Crippen LogP contribution in [0.1, 0.15) is 62.6 Å². The van der Waals surface area contributed by atoms with Gasteiger partial charge in [-0.1, -0.05) is 12.8 Å². The first kappa shape index (κ1) is 16.4. The fourth-order valence-electron chi connectivity index (χ4n) is 5.33. The van der Waals surface area contributed by atoms with Crippen molar-refractivity contribution in [2.75, 3.05) is 26.4 Å². The summed E-state index contributed by atoms with van der Waals surface area (Å²) in [6, 6.07) is 4.38. The summed E-state index contributed by atoms with van der Waals surface area (Å²) in [5.74, 6) is 1.86. The number of nitrogens with zero attached hydrogens (tertiary/aromatic N) is 1. The Morgan fingerprint density at radius 2 is 1.81 bits per heavy atom. The number of carbonyl (C=O) groups excluding carboxylic acids is 1. The van der Waals surface area contributed by atoms with Crippen LogP contribution in [0.2, 0.25) is 0 Å². The number of rotatable bonds is 1. The summed E-state index contributed by atoms with van der Waals surface area (Å²) in [7, 11) is 0. The molecule has 3 aliphatic heterocycles. The van der Waals surface area contributed by atoms with Gasteiger partial charge in [-0.3, -0.25) is 4.79 Å². The lowest BCUT2D eigenvalue weighted by molar-refractivity contribution is -0.145. The molecule has 0 radical (unpaired) electrons. The molecule has 1 aromatic carbocycles. The highest BCUT2D eigenvalue weighted by atomic mass is 16.6. The SMILES string of the molecule is CC1c2cc3c(cc2C2(CCCC2)CN1C(=O)C1CCCO1)OCCO3. The van der Waals surface area contributed by atoms with Gasteiger partial charge in [0.25, 0.3) is 5.91 Å². The Morgan fingerprint density at radius 1 is 1.08 bits per heavy atom. The van der Waals surface area contributed by atoms with Crippen LogP contribution in [0.5, 0.6) is 11.5 Å². The maximum atomic E-state index is 13.2. The molecular formula is C21H27NO4. The second kappa shape index (κ2) is 6.15. The van der Waals surface area contributed by atoms with Crippen molar-refractivity contribution in [2.45, 2.75) is 63.0 Å². The number of carbonyl (C=O) groups is 1. The Morgan fingerprint density at radius 3 is 2.50 bits per heavy atom. The molecule has 2 atom stereocenters. The normalized spacial score (nSPS) is 29.0. The van der Waals surface area contributed by atoms with Crippen molar-refractivity contribution in [1.82, 2.24) is 4.90 Å². The van der Waals surface area contributed by atoms with Crippen LogP contribution in [0, 0.1) is 0 Å². The van der Waals surface area contributed by atoms with E-state index in [9.17, 15) is 4.79 Å². The second-order valence-corrected chi connectivity index (χ2v) is 8.21. The van der Waals surface area contributed by atoms with Crippen LogP contribution in [0.3, 0.4) is 0 Å². The van der Waals surface area contributed by atoms with Gasteiger partial charge in [0.1, 0.15) is 19.3 Å². The highest BCUT2D eigenvalue weighted by molar-refractivity contribution is 5.82. The minimum Gasteiger partial charge on any atom is -0.486 e. The molecule has 0 N–H and O–H groups in total. The lowest BCUT2D eigenvalue weighted by atomic mass is 9.71. The molecule has 1 saturated heterocycles. The van der Waals surface area contributed by atoms with E-state index in [4.69, 9.17) is 14.2 Å². The van der Waals surface area contributed by atoms with Crippen molar-refractivity contribution >= 4 is 5.91 Å².